The number of carbonyl (C=O) groups is 1. The minimum atomic E-state index is -0.120. The number of hydrogen-bond acceptors (Lipinski definition) is 1. The average molecular weight is 334 g/mol. The third-order valence-corrected chi connectivity index (χ3v) is 3.73. The number of hydrogen-bond donors (Lipinski definition) is 0. The molecule has 0 unspecified atom stereocenters. The summed E-state index contributed by atoms with van der Waals surface area (Å²) >= 11 is 23.6. The van der Waals surface area contributed by atoms with Crippen LogP contribution in [0.4, 0.5) is 0 Å². The molecule has 0 spiro atoms. The Labute approximate surface area is 131 Å². The van der Waals surface area contributed by atoms with Crippen LogP contribution in [0.3, 0.4) is 0 Å². The first-order valence-electron chi connectivity index (χ1n) is 5.39. The molecule has 5 heteroatoms. The molecule has 2 rings (SSSR count). The van der Waals surface area contributed by atoms with E-state index in [-0.39, 0.29) is 12.2 Å². The predicted molar refractivity (Wildman–Crippen MR) is 81.0 cm³/mol. The van der Waals surface area contributed by atoms with Gasteiger partial charge < -0.3 is 0 Å². The van der Waals surface area contributed by atoms with Gasteiger partial charge in [-0.2, -0.15) is 0 Å². The standard InChI is InChI=1S/C14H8Cl4O/c15-9-2-1-8(12(17)6-9)5-14(19)11-4-3-10(16)7-13(11)18/h1-4,6-7H,5H2. The topological polar surface area (TPSA) is 17.1 Å². The van der Waals surface area contributed by atoms with Gasteiger partial charge >= 0.3 is 0 Å². The molecule has 0 radical (unpaired) electrons. The van der Waals surface area contributed by atoms with Gasteiger partial charge in [-0.15, -0.1) is 0 Å². The quantitative estimate of drug-likeness (QED) is 0.656. The summed E-state index contributed by atoms with van der Waals surface area (Å²) in [5.74, 6) is -0.120. The molecule has 19 heavy (non-hydrogen) atoms. The second-order valence-corrected chi connectivity index (χ2v) is 5.65. The molecule has 0 aliphatic heterocycles. The normalized spacial score (nSPS) is 10.5. The Balaban J connectivity index is 2.25. The Hall–Kier alpha value is -0.730. The summed E-state index contributed by atoms with van der Waals surface area (Å²) in [7, 11) is 0. The van der Waals surface area contributed by atoms with Crippen LogP contribution >= 0.6 is 46.4 Å². The van der Waals surface area contributed by atoms with Crippen molar-refractivity contribution in [3.8, 4) is 0 Å². The van der Waals surface area contributed by atoms with Crippen molar-refractivity contribution in [1.29, 1.82) is 0 Å². The second kappa shape index (κ2) is 6.15. The fraction of sp³-hybridized carbons (Fsp3) is 0.0714. The van der Waals surface area contributed by atoms with Gasteiger partial charge in [-0.25, -0.2) is 0 Å². The van der Waals surface area contributed by atoms with E-state index < -0.39 is 0 Å². The highest BCUT2D eigenvalue weighted by Gasteiger charge is 2.13. The van der Waals surface area contributed by atoms with Crippen molar-refractivity contribution in [1.82, 2.24) is 0 Å². The fourth-order valence-corrected chi connectivity index (χ4v) is 2.64. The molecule has 0 aromatic heterocycles. The summed E-state index contributed by atoms with van der Waals surface area (Å²) in [6, 6.07) is 9.81. The first-order valence-corrected chi connectivity index (χ1v) is 6.91. The van der Waals surface area contributed by atoms with Crippen LogP contribution in [0.25, 0.3) is 0 Å². The molecule has 0 fully saturated rings. The molecular weight excluding hydrogens is 326 g/mol. The van der Waals surface area contributed by atoms with Gasteiger partial charge in [0.05, 0.1) is 5.02 Å². The predicted octanol–water partition coefficient (Wildman–Crippen LogP) is 5.73. The maximum Gasteiger partial charge on any atom is 0.168 e. The Morgan fingerprint density at radius 3 is 2.00 bits per heavy atom. The van der Waals surface area contributed by atoms with Crippen molar-refractivity contribution in [2.45, 2.75) is 6.42 Å². The number of ketones is 1. The van der Waals surface area contributed by atoms with Gasteiger partial charge in [0, 0.05) is 27.1 Å². The Morgan fingerprint density at radius 1 is 0.842 bits per heavy atom. The zero-order valence-electron chi connectivity index (χ0n) is 9.59. The number of rotatable bonds is 3. The third-order valence-electron chi connectivity index (χ3n) is 2.60. The first kappa shape index (κ1) is 14.7. The van der Waals surface area contributed by atoms with Crippen molar-refractivity contribution >= 4 is 52.2 Å². The molecule has 0 saturated heterocycles. The molecular formula is C14H8Cl4O. The van der Waals surface area contributed by atoms with E-state index in [0.717, 1.165) is 0 Å². The highest BCUT2D eigenvalue weighted by Crippen LogP contribution is 2.25. The lowest BCUT2D eigenvalue weighted by Gasteiger charge is -2.06. The Kier molecular flexibility index (Phi) is 4.75. The van der Waals surface area contributed by atoms with Gasteiger partial charge in [0.25, 0.3) is 0 Å². The monoisotopic (exact) mass is 332 g/mol. The summed E-state index contributed by atoms with van der Waals surface area (Å²) in [6.07, 6.45) is 0.164. The number of benzene rings is 2. The summed E-state index contributed by atoms with van der Waals surface area (Å²) in [5.41, 5.74) is 1.14. The third kappa shape index (κ3) is 3.64. The van der Waals surface area contributed by atoms with Gasteiger partial charge in [0.15, 0.2) is 5.78 Å². The van der Waals surface area contributed by atoms with Crippen LogP contribution in [-0.2, 0) is 6.42 Å². The molecule has 0 amide bonds. The molecule has 98 valence electrons. The van der Waals surface area contributed by atoms with E-state index in [9.17, 15) is 4.79 Å². The van der Waals surface area contributed by atoms with Crippen molar-refractivity contribution < 1.29 is 4.79 Å². The maximum atomic E-state index is 12.2. The van der Waals surface area contributed by atoms with E-state index >= 15 is 0 Å². The summed E-state index contributed by atoms with van der Waals surface area (Å²) < 4.78 is 0. The van der Waals surface area contributed by atoms with E-state index in [1.54, 1.807) is 36.4 Å². The Morgan fingerprint density at radius 2 is 1.42 bits per heavy atom. The second-order valence-electron chi connectivity index (χ2n) is 3.96. The number of halogens is 4. The summed E-state index contributed by atoms with van der Waals surface area (Å²) in [4.78, 5) is 12.2. The minimum Gasteiger partial charge on any atom is -0.294 e. The molecule has 2 aromatic carbocycles. The van der Waals surface area contributed by atoms with Crippen LogP contribution in [0.2, 0.25) is 20.1 Å². The SMILES string of the molecule is O=C(Cc1ccc(Cl)cc1Cl)c1ccc(Cl)cc1Cl. The van der Waals surface area contributed by atoms with Crippen LogP contribution in [-0.4, -0.2) is 5.78 Å². The lowest BCUT2D eigenvalue weighted by atomic mass is 10.0. The summed E-state index contributed by atoms with van der Waals surface area (Å²) in [6.45, 7) is 0. The van der Waals surface area contributed by atoms with Crippen molar-refractivity contribution in [2.75, 3.05) is 0 Å². The number of Topliss-reactive ketones (excluding diaryl/α,β-unsaturated/α-hetero) is 1. The van der Waals surface area contributed by atoms with Crippen molar-refractivity contribution in [3.05, 3.63) is 67.6 Å². The Bertz CT molecular complexity index is 637. The van der Waals surface area contributed by atoms with Gasteiger partial charge in [0.2, 0.25) is 0 Å². The molecule has 0 bridgehead atoms. The first-order chi connectivity index (χ1) is 8.97. The van der Waals surface area contributed by atoms with Gasteiger partial charge in [0.1, 0.15) is 0 Å². The minimum absolute atomic E-state index is 0.120. The van der Waals surface area contributed by atoms with Crippen LogP contribution in [0.15, 0.2) is 36.4 Å². The molecule has 0 aliphatic carbocycles. The van der Waals surface area contributed by atoms with Gasteiger partial charge in [-0.1, -0.05) is 52.5 Å². The van der Waals surface area contributed by atoms with Crippen molar-refractivity contribution in [2.24, 2.45) is 0 Å². The van der Waals surface area contributed by atoms with E-state index in [4.69, 9.17) is 46.4 Å². The molecule has 0 aliphatic rings. The molecule has 1 nitrogen and oxygen atoms in total. The average Bonchev–Trinajstić information content (AvgIpc) is 2.32. The smallest absolute Gasteiger partial charge is 0.168 e. The largest absolute Gasteiger partial charge is 0.294 e. The zero-order valence-corrected chi connectivity index (χ0v) is 12.6. The van der Waals surface area contributed by atoms with Crippen LogP contribution < -0.4 is 0 Å². The van der Waals surface area contributed by atoms with E-state index in [0.29, 0.717) is 31.2 Å². The maximum absolute atomic E-state index is 12.2. The van der Waals surface area contributed by atoms with Crippen LogP contribution in [0.1, 0.15) is 15.9 Å². The molecule has 0 saturated carbocycles. The van der Waals surface area contributed by atoms with E-state index in [2.05, 4.69) is 0 Å². The molecule has 0 N–H and O–H groups in total. The van der Waals surface area contributed by atoms with E-state index in [1.807, 2.05) is 0 Å². The zero-order chi connectivity index (χ0) is 14.0. The highest BCUT2D eigenvalue weighted by atomic mass is 35.5. The van der Waals surface area contributed by atoms with Gasteiger partial charge in [-0.05, 0) is 35.9 Å². The summed E-state index contributed by atoms with van der Waals surface area (Å²) in [5, 5.41) is 1.82. The fourth-order valence-electron chi connectivity index (χ4n) is 1.65. The lowest BCUT2D eigenvalue weighted by molar-refractivity contribution is 0.0993. The molecule has 2 aromatic rings. The van der Waals surface area contributed by atoms with Crippen LogP contribution in [0, 0.1) is 0 Å². The molecule has 0 heterocycles. The number of carbonyl (C=O) groups excluding carboxylic acids is 1. The lowest BCUT2D eigenvalue weighted by Crippen LogP contribution is -2.04. The highest BCUT2D eigenvalue weighted by molar-refractivity contribution is 6.37. The molecule has 0 atom stereocenters. The van der Waals surface area contributed by atoms with Crippen LogP contribution in [0.5, 0.6) is 0 Å². The van der Waals surface area contributed by atoms with Crippen molar-refractivity contribution in [3.63, 3.8) is 0 Å². The van der Waals surface area contributed by atoms with E-state index in [1.165, 1.54) is 0 Å². The van der Waals surface area contributed by atoms with Gasteiger partial charge in [-0.3, -0.25) is 4.79 Å².